The second-order valence-corrected chi connectivity index (χ2v) is 5.81. The van der Waals surface area contributed by atoms with E-state index in [4.69, 9.17) is 21.4 Å². The predicted molar refractivity (Wildman–Crippen MR) is 86.6 cm³/mol. The molecule has 1 aliphatic rings. The highest BCUT2D eigenvalue weighted by Gasteiger charge is 2.32. The van der Waals surface area contributed by atoms with Crippen LogP contribution in [0, 0.1) is 6.92 Å². The molecule has 1 atom stereocenters. The van der Waals surface area contributed by atoms with Crippen LogP contribution in [0.2, 0.25) is 5.15 Å². The van der Waals surface area contributed by atoms with Gasteiger partial charge in [0.2, 0.25) is 0 Å². The number of carboxylic acid groups (broad SMARTS) is 1. The summed E-state index contributed by atoms with van der Waals surface area (Å²) in [6, 6.07) is 9.25. The Hall–Kier alpha value is -2.38. The lowest BCUT2D eigenvalue weighted by Crippen LogP contribution is -2.48. The van der Waals surface area contributed by atoms with E-state index in [1.54, 1.807) is 6.92 Å². The molecule has 2 heterocycles. The minimum atomic E-state index is -1.09. The van der Waals surface area contributed by atoms with Gasteiger partial charge in [-0.2, -0.15) is 5.10 Å². The molecule has 7 nitrogen and oxygen atoms in total. The summed E-state index contributed by atoms with van der Waals surface area (Å²) in [7, 11) is 0. The van der Waals surface area contributed by atoms with E-state index in [9.17, 15) is 9.59 Å². The summed E-state index contributed by atoms with van der Waals surface area (Å²) in [5.74, 6) is -1.43. The summed E-state index contributed by atoms with van der Waals surface area (Å²) in [5, 5.41) is 13.6. The number of para-hydroxylation sites is 1. The highest BCUT2D eigenvalue weighted by atomic mass is 35.5. The number of nitrogens with zero attached hydrogens (tertiary/aromatic N) is 3. The molecule has 0 radical (unpaired) electrons. The van der Waals surface area contributed by atoms with Crippen LogP contribution < -0.4 is 0 Å². The molecule has 0 aliphatic carbocycles. The number of ether oxygens (including phenoxy) is 1. The molecule has 1 fully saturated rings. The van der Waals surface area contributed by atoms with Gasteiger partial charge in [-0.05, 0) is 19.1 Å². The smallest absolute Gasteiger partial charge is 0.334 e. The van der Waals surface area contributed by atoms with Gasteiger partial charge in [0, 0.05) is 6.54 Å². The summed E-state index contributed by atoms with van der Waals surface area (Å²) in [5.41, 5.74) is 1.52. The standard InChI is InChI=1S/C16H16ClN3O4/c1-10-13(14(17)20(18-10)11-5-3-2-4-6-11)15(21)19-7-8-24-12(9-19)16(22)23/h2-6,12H,7-9H2,1H3,(H,22,23)/t12-/m0/s1. The maximum atomic E-state index is 12.8. The second-order valence-electron chi connectivity index (χ2n) is 5.45. The summed E-state index contributed by atoms with van der Waals surface area (Å²) in [6.45, 7) is 2.18. The minimum Gasteiger partial charge on any atom is -0.479 e. The van der Waals surface area contributed by atoms with Gasteiger partial charge in [0.05, 0.1) is 30.1 Å². The number of aromatic nitrogens is 2. The fourth-order valence-electron chi connectivity index (χ4n) is 2.62. The zero-order valence-electron chi connectivity index (χ0n) is 13.0. The van der Waals surface area contributed by atoms with Crippen LogP contribution in [0.4, 0.5) is 0 Å². The number of halogens is 1. The van der Waals surface area contributed by atoms with Crippen LogP contribution >= 0.6 is 11.6 Å². The third-order valence-electron chi connectivity index (χ3n) is 3.85. The van der Waals surface area contributed by atoms with Crippen LogP contribution in [-0.2, 0) is 9.53 Å². The molecule has 0 spiro atoms. The number of carbonyl (C=O) groups excluding carboxylic acids is 1. The van der Waals surface area contributed by atoms with Gasteiger partial charge in [-0.3, -0.25) is 4.79 Å². The predicted octanol–water partition coefficient (Wildman–Crippen LogP) is 1.76. The van der Waals surface area contributed by atoms with Crippen LogP contribution in [0.5, 0.6) is 0 Å². The highest BCUT2D eigenvalue weighted by Crippen LogP contribution is 2.25. The van der Waals surface area contributed by atoms with E-state index in [2.05, 4.69) is 5.10 Å². The van der Waals surface area contributed by atoms with Crippen molar-refractivity contribution in [1.29, 1.82) is 0 Å². The van der Waals surface area contributed by atoms with E-state index in [-0.39, 0.29) is 29.8 Å². The number of carbonyl (C=O) groups is 2. The van der Waals surface area contributed by atoms with Crippen molar-refractivity contribution in [3.8, 4) is 5.69 Å². The first kappa shape index (κ1) is 16.5. The average Bonchev–Trinajstić information content (AvgIpc) is 2.89. The Labute approximate surface area is 143 Å². The van der Waals surface area contributed by atoms with E-state index in [1.165, 1.54) is 9.58 Å². The van der Waals surface area contributed by atoms with Gasteiger partial charge in [-0.25, -0.2) is 9.48 Å². The summed E-state index contributed by atoms with van der Waals surface area (Å²) in [4.78, 5) is 25.3. The summed E-state index contributed by atoms with van der Waals surface area (Å²) >= 11 is 6.38. The molecule has 1 aromatic heterocycles. The molecule has 8 heteroatoms. The quantitative estimate of drug-likeness (QED) is 0.912. The average molecular weight is 350 g/mol. The molecular weight excluding hydrogens is 334 g/mol. The largest absolute Gasteiger partial charge is 0.479 e. The van der Waals surface area contributed by atoms with Crippen molar-refractivity contribution in [2.24, 2.45) is 0 Å². The van der Waals surface area contributed by atoms with E-state index < -0.39 is 12.1 Å². The number of morpholine rings is 1. The molecule has 1 saturated heterocycles. The lowest BCUT2D eigenvalue weighted by atomic mass is 10.2. The van der Waals surface area contributed by atoms with Crippen molar-refractivity contribution < 1.29 is 19.4 Å². The van der Waals surface area contributed by atoms with E-state index in [1.807, 2.05) is 30.3 Å². The first-order valence-electron chi connectivity index (χ1n) is 7.43. The van der Waals surface area contributed by atoms with Crippen LogP contribution in [0.1, 0.15) is 16.1 Å². The maximum absolute atomic E-state index is 12.8. The number of hydrogen-bond donors (Lipinski definition) is 1. The minimum absolute atomic E-state index is 0.0134. The van der Waals surface area contributed by atoms with Crippen molar-refractivity contribution in [3.63, 3.8) is 0 Å². The summed E-state index contributed by atoms with van der Waals surface area (Å²) < 4.78 is 6.64. The van der Waals surface area contributed by atoms with Crippen molar-refractivity contribution >= 4 is 23.5 Å². The first-order chi connectivity index (χ1) is 11.5. The van der Waals surface area contributed by atoms with Crippen molar-refractivity contribution in [1.82, 2.24) is 14.7 Å². The van der Waals surface area contributed by atoms with Gasteiger partial charge in [-0.1, -0.05) is 29.8 Å². The molecule has 126 valence electrons. The molecular formula is C16H16ClN3O4. The normalized spacial score (nSPS) is 17.8. The van der Waals surface area contributed by atoms with Crippen molar-refractivity contribution in [2.75, 3.05) is 19.7 Å². The number of rotatable bonds is 3. The molecule has 0 saturated carbocycles. The Morgan fingerprint density at radius 2 is 2.04 bits per heavy atom. The molecule has 1 N–H and O–H groups in total. The van der Waals surface area contributed by atoms with E-state index >= 15 is 0 Å². The number of aliphatic carboxylic acids is 1. The monoisotopic (exact) mass is 349 g/mol. The van der Waals surface area contributed by atoms with Gasteiger partial charge in [-0.15, -0.1) is 0 Å². The number of aryl methyl sites for hydroxylation is 1. The van der Waals surface area contributed by atoms with E-state index in [0.717, 1.165) is 5.69 Å². The lowest BCUT2D eigenvalue weighted by molar-refractivity contribution is -0.154. The SMILES string of the molecule is Cc1nn(-c2ccccc2)c(Cl)c1C(=O)N1CCO[C@H](C(=O)O)C1. The Balaban J connectivity index is 1.91. The first-order valence-corrected chi connectivity index (χ1v) is 7.81. The molecule has 0 unspecified atom stereocenters. The van der Waals surface area contributed by atoms with Gasteiger partial charge < -0.3 is 14.7 Å². The number of benzene rings is 1. The molecule has 3 rings (SSSR count). The molecule has 1 amide bonds. The Kier molecular flexibility index (Phi) is 4.55. The van der Waals surface area contributed by atoms with Crippen molar-refractivity contribution in [3.05, 3.63) is 46.7 Å². The maximum Gasteiger partial charge on any atom is 0.334 e. The number of carboxylic acids is 1. The van der Waals surface area contributed by atoms with Crippen LogP contribution in [-0.4, -0.2) is 57.5 Å². The van der Waals surface area contributed by atoms with E-state index in [0.29, 0.717) is 12.2 Å². The summed E-state index contributed by atoms with van der Waals surface area (Å²) in [6.07, 6.45) is -1.02. The van der Waals surface area contributed by atoms with Gasteiger partial charge in [0.15, 0.2) is 6.10 Å². The van der Waals surface area contributed by atoms with Gasteiger partial charge in [0.1, 0.15) is 5.15 Å². The van der Waals surface area contributed by atoms with Crippen LogP contribution in [0.25, 0.3) is 5.69 Å². The molecule has 0 bridgehead atoms. The van der Waals surface area contributed by atoms with Gasteiger partial charge >= 0.3 is 5.97 Å². The highest BCUT2D eigenvalue weighted by molar-refractivity contribution is 6.33. The fraction of sp³-hybridized carbons (Fsp3) is 0.312. The van der Waals surface area contributed by atoms with Crippen LogP contribution in [0.3, 0.4) is 0 Å². The molecule has 2 aromatic rings. The molecule has 1 aliphatic heterocycles. The second kappa shape index (κ2) is 6.62. The Bertz CT molecular complexity index is 775. The third kappa shape index (κ3) is 3.00. The topological polar surface area (TPSA) is 84.7 Å². The Morgan fingerprint density at radius 1 is 1.33 bits per heavy atom. The number of hydrogen-bond acceptors (Lipinski definition) is 4. The van der Waals surface area contributed by atoms with Crippen LogP contribution in [0.15, 0.2) is 30.3 Å². The molecule has 1 aromatic carbocycles. The fourth-order valence-corrected chi connectivity index (χ4v) is 2.98. The lowest BCUT2D eigenvalue weighted by Gasteiger charge is -2.30. The van der Waals surface area contributed by atoms with Gasteiger partial charge in [0.25, 0.3) is 5.91 Å². The van der Waals surface area contributed by atoms with Crippen molar-refractivity contribution in [2.45, 2.75) is 13.0 Å². The zero-order valence-corrected chi connectivity index (χ0v) is 13.7. The zero-order chi connectivity index (χ0) is 17.3. The third-order valence-corrected chi connectivity index (χ3v) is 4.20. The Morgan fingerprint density at radius 3 is 2.71 bits per heavy atom. The number of amides is 1. The molecule has 24 heavy (non-hydrogen) atoms.